The Labute approximate surface area is 155 Å². The number of carbonyl (C=O) groups excluding carboxylic acids is 1. The molecule has 1 heterocycles. The van der Waals surface area contributed by atoms with E-state index >= 15 is 0 Å². The lowest BCUT2D eigenvalue weighted by atomic mass is 10.1. The standard InChI is InChI=1S/C20H14ClN3O2/c21-17-4-6-18(7-5-17)24-14-15(13-23-24)1-10-20(25)16-2-8-19(9-3-16)26-12-11-22/h1-10,13-14H,12H2/b10-1+. The van der Waals surface area contributed by atoms with E-state index < -0.39 is 0 Å². The Kier molecular flexibility index (Phi) is 5.47. The van der Waals surface area contributed by atoms with Crippen LogP contribution in [0, 0.1) is 11.3 Å². The van der Waals surface area contributed by atoms with E-state index in [1.807, 2.05) is 24.4 Å². The van der Waals surface area contributed by atoms with Crippen molar-refractivity contribution in [2.75, 3.05) is 6.61 Å². The highest BCUT2D eigenvalue weighted by atomic mass is 35.5. The lowest BCUT2D eigenvalue weighted by Crippen LogP contribution is -1.96. The highest BCUT2D eigenvalue weighted by Crippen LogP contribution is 2.15. The largest absolute Gasteiger partial charge is 0.479 e. The quantitative estimate of drug-likeness (QED) is 0.483. The smallest absolute Gasteiger partial charge is 0.185 e. The number of allylic oxidation sites excluding steroid dienone is 1. The summed E-state index contributed by atoms with van der Waals surface area (Å²) in [7, 11) is 0. The third-order valence-electron chi connectivity index (χ3n) is 3.56. The second kappa shape index (κ2) is 8.15. The van der Waals surface area contributed by atoms with Gasteiger partial charge in [-0.1, -0.05) is 11.6 Å². The molecule has 0 unspecified atom stereocenters. The van der Waals surface area contributed by atoms with Gasteiger partial charge in [0, 0.05) is 22.3 Å². The van der Waals surface area contributed by atoms with Crippen molar-refractivity contribution < 1.29 is 9.53 Å². The van der Waals surface area contributed by atoms with Gasteiger partial charge in [0.25, 0.3) is 0 Å². The van der Waals surface area contributed by atoms with Crippen LogP contribution in [0.2, 0.25) is 5.02 Å². The number of aromatic nitrogens is 2. The van der Waals surface area contributed by atoms with Crippen LogP contribution in [-0.2, 0) is 0 Å². The van der Waals surface area contributed by atoms with Crippen LogP contribution >= 0.6 is 11.6 Å². The maximum Gasteiger partial charge on any atom is 0.185 e. The van der Waals surface area contributed by atoms with Crippen LogP contribution in [0.25, 0.3) is 11.8 Å². The summed E-state index contributed by atoms with van der Waals surface area (Å²) in [6.07, 6.45) is 6.71. The Bertz CT molecular complexity index is 968. The molecule has 6 heteroatoms. The summed E-state index contributed by atoms with van der Waals surface area (Å²) < 4.78 is 6.87. The maximum atomic E-state index is 12.2. The fraction of sp³-hybridized carbons (Fsp3) is 0.0500. The summed E-state index contributed by atoms with van der Waals surface area (Å²) in [6.45, 7) is -0.0230. The zero-order chi connectivity index (χ0) is 18.4. The number of carbonyl (C=O) groups is 1. The van der Waals surface area contributed by atoms with Gasteiger partial charge >= 0.3 is 0 Å². The topological polar surface area (TPSA) is 67.9 Å². The average molecular weight is 364 g/mol. The molecule has 0 aliphatic heterocycles. The number of ketones is 1. The molecule has 0 fully saturated rings. The summed E-state index contributed by atoms with van der Waals surface area (Å²) >= 11 is 5.88. The molecule has 0 aliphatic carbocycles. The number of rotatable bonds is 6. The summed E-state index contributed by atoms with van der Waals surface area (Å²) in [5, 5.41) is 13.4. The minimum Gasteiger partial charge on any atom is -0.479 e. The first kappa shape index (κ1) is 17.5. The SMILES string of the molecule is N#CCOc1ccc(C(=O)/C=C/c2cnn(-c3ccc(Cl)cc3)c2)cc1. The molecule has 128 valence electrons. The highest BCUT2D eigenvalue weighted by Gasteiger charge is 2.04. The molecule has 0 aliphatic rings. The summed E-state index contributed by atoms with van der Waals surface area (Å²) in [6, 6.07) is 15.9. The first-order valence-corrected chi connectivity index (χ1v) is 8.16. The van der Waals surface area contributed by atoms with E-state index in [9.17, 15) is 4.79 Å². The van der Waals surface area contributed by atoms with Gasteiger partial charge in [-0.25, -0.2) is 4.68 Å². The molecule has 0 saturated carbocycles. The normalized spacial score (nSPS) is 10.6. The number of ether oxygens (including phenoxy) is 1. The van der Waals surface area contributed by atoms with Crippen LogP contribution in [0.4, 0.5) is 0 Å². The van der Waals surface area contributed by atoms with Crippen LogP contribution < -0.4 is 4.74 Å². The summed E-state index contributed by atoms with van der Waals surface area (Å²) in [4.78, 5) is 12.2. The van der Waals surface area contributed by atoms with Gasteiger partial charge in [-0.15, -0.1) is 0 Å². The molecule has 1 aromatic heterocycles. The molecule has 2 aromatic carbocycles. The molecule has 3 rings (SSSR count). The molecular formula is C20H14ClN3O2. The molecule has 26 heavy (non-hydrogen) atoms. The van der Waals surface area contributed by atoms with Crippen molar-refractivity contribution in [2.45, 2.75) is 0 Å². The van der Waals surface area contributed by atoms with Crippen molar-refractivity contribution in [3.63, 3.8) is 0 Å². The molecule has 5 nitrogen and oxygen atoms in total. The first-order chi connectivity index (χ1) is 12.7. The molecule has 0 N–H and O–H groups in total. The van der Waals surface area contributed by atoms with E-state index in [4.69, 9.17) is 21.6 Å². The van der Waals surface area contributed by atoms with Gasteiger partial charge in [0.1, 0.15) is 11.8 Å². The predicted molar refractivity (Wildman–Crippen MR) is 99.5 cm³/mol. The fourth-order valence-corrected chi connectivity index (χ4v) is 2.38. The first-order valence-electron chi connectivity index (χ1n) is 7.78. The maximum absolute atomic E-state index is 12.2. The number of halogens is 1. The number of nitriles is 1. The Balaban J connectivity index is 1.67. The molecule has 0 spiro atoms. The monoisotopic (exact) mass is 363 g/mol. The van der Waals surface area contributed by atoms with Crippen molar-refractivity contribution in [3.05, 3.63) is 83.2 Å². The zero-order valence-corrected chi connectivity index (χ0v) is 14.4. The number of hydrogen-bond donors (Lipinski definition) is 0. The molecule has 0 radical (unpaired) electrons. The van der Waals surface area contributed by atoms with Gasteiger partial charge in [-0.2, -0.15) is 10.4 Å². The zero-order valence-electron chi connectivity index (χ0n) is 13.7. The van der Waals surface area contributed by atoms with Crippen molar-refractivity contribution in [2.24, 2.45) is 0 Å². The molecule has 0 amide bonds. The fourth-order valence-electron chi connectivity index (χ4n) is 2.26. The van der Waals surface area contributed by atoms with E-state index in [1.165, 1.54) is 6.08 Å². The van der Waals surface area contributed by atoms with E-state index in [-0.39, 0.29) is 12.4 Å². The van der Waals surface area contributed by atoms with Crippen LogP contribution in [0.15, 0.2) is 67.0 Å². The van der Waals surface area contributed by atoms with E-state index in [0.717, 1.165) is 11.3 Å². The third-order valence-corrected chi connectivity index (χ3v) is 3.82. The Hall–Kier alpha value is -3.36. The minimum absolute atomic E-state index is 0.0230. The van der Waals surface area contributed by atoms with Crippen molar-refractivity contribution in [1.29, 1.82) is 5.26 Å². The van der Waals surface area contributed by atoms with E-state index in [0.29, 0.717) is 16.3 Å². The summed E-state index contributed by atoms with van der Waals surface area (Å²) in [5.74, 6) is 0.424. The molecule has 0 saturated heterocycles. The van der Waals surface area contributed by atoms with Crippen LogP contribution in [0.5, 0.6) is 5.75 Å². The van der Waals surface area contributed by atoms with E-state index in [1.54, 1.807) is 53.4 Å². The van der Waals surface area contributed by atoms with Crippen molar-refractivity contribution in [3.8, 4) is 17.5 Å². The van der Waals surface area contributed by atoms with Crippen LogP contribution in [0.1, 0.15) is 15.9 Å². The minimum atomic E-state index is -0.129. The molecule has 3 aromatic rings. The average Bonchev–Trinajstić information content (AvgIpc) is 3.14. The van der Waals surface area contributed by atoms with Crippen LogP contribution in [-0.4, -0.2) is 22.2 Å². The van der Waals surface area contributed by atoms with Gasteiger partial charge < -0.3 is 4.74 Å². The van der Waals surface area contributed by atoms with Gasteiger partial charge in [0.05, 0.1) is 11.9 Å². The van der Waals surface area contributed by atoms with Gasteiger partial charge in [-0.05, 0) is 60.7 Å². The predicted octanol–water partition coefficient (Wildman–Crippen LogP) is 4.32. The lowest BCUT2D eigenvalue weighted by Gasteiger charge is -2.01. The molecular weight excluding hydrogens is 350 g/mol. The van der Waals surface area contributed by atoms with Gasteiger partial charge in [0.2, 0.25) is 0 Å². The second-order valence-corrected chi connectivity index (χ2v) is 5.80. The van der Waals surface area contributed by atoms with Crippen molar-refractivity contribution >= 4 is 23.5 Å². The van der Waals surface area contributed by atoms with Crippen molar-refractivity contribution in [1.82, 2.24) is 9.78 Å². The van der Waals surface area contributed by atoms with E-state index in [2.05, 4.69) is 5.10 Å². The Morgan fingerprint density at radius 3 is 2.62 bits per heavy atom. The molecule has 0 atom stereocenters. The van der Waals surface area contributed by atoms with Gasteiger partial charge in [0.15, 0.2) is 12.4 Å². The van der Waals surface area contributed by atoms with Gasteiger partial charge in [-0.3, -0.25) is 4.79 Å². The highest BCUT2D eigenvalue weighted by molar-refractivity contribution is 6.30. The van der Waals surface area contributed by atoms with Crippen LogP contribution in [0.3, 0.4) is 0 Å². The summed E-state index contributed by atoms with van der Waals surface area (Å²) in [5.41, 5.74) is 2.23. The number of hydrogen-bond acceptors (Lipinski definition) is 4. The Morgan fingerprint density at radius 1 is 1.19 bits per heavy atom. The lowest BCUT2D eigenvalue weighted by molar-refractivity contribution is 0.104. The third kappa shape index (κ3) is 4.38. The second-order valence-electron chi connectivity index (χ2n) is 5.36. The number of nitrogens with zero attached hydrogens (tertiary/aromatic N) is 3. The Morgan fingerprint density at radius 2 is 1.92 bits per heavy atom. The number of benzene rings is 2. The molecule has 0 bridgehead atoms.